The van der Waals surface area contributed by atoms with E-state index in [0.29, 0.717) is 46.0 Å². The number of nitrogens with one attached hydrogen (secondary N) is 1. The molecular weight excluding hydrogens is 464 g/mol. The van der Waals surface area contributed by atoms with Crippen molar-refractivity contribution in [3.63, 3.8) is 0 Å². The van der Waals surface area contributed by atoms with Crippen molar-refractivity contribution in [1.29, 1.82) is 5.41 Å². The number of thioether (sulfide) groups is 1. The number of amidine groups is 2. The molecule has 0 radical (unpaired) electrons. The zero-order valence-corrected chi connectivity index (χ0v) is 19.6. The van der Waals surface area contributed by atoms with Crippen molar-refractivity contribution in [1.82, 2.24) is 5.01 Å². The third kappa shape index (κ3) is 5.04. The fourth-order valence-electron chi connectivity index (χ4n) is 3.10. The maximum Gasteiger partial charge on any atom is 0.283 e. The standard InChI is InChI=1S/C23H21ClN4O4S/c1-3-20-27-28-21(25)15(22(29)26-23(28)33-20)12-14-8-9-18(19(13-14)30-2)32-11-10-31-17-7-5-4-6-16(17)24/h4-9,12-13,25H,3,10-11H2,1-2H3. The number of nitrogens with zero attached hydrogens (tertiary/aromatic N) is 3. The first kappa shape index (κ1) is 22.9. The minimum absolute atomic E-state index is 0.00281. The number of methoxy groups -OCH3 is 1. The van der Waals surface area contributed by atoms with Gasteiger partial charge in [0.2, 0.25) is 5.17 Å². The number of rotatable bonds is 8. The molecule has 0 atom stereocenters. The molecule has 2 aromatic carbocycles. The van der Waals surface area contributed by atoms with Crippen LogP contribution >= 0.6 is 23.4 Å². The smallest absolute Gasteiger partial charge is 0.283 e. The lowest BCUT2D eigenvalue weighted by Crippen LogP contribution is -2.35. The van der Waals surface area contributed by atoms with E-state index < -0.39 is 5.91 Å². The molecule has 170 valence electrons. The number of ether oxygens (including phenoxy) is 3. The summed E-state index contributed by atoms with van der Waals surface area (Å²) in [5, 5.41) is 15.9. The first-order valence-electron chi connectivity index (χ1n) is 10.2. The Bertz CT molecular complexity index is 1190. The number of benzene rings is 2. The number of hydrazone groups is 1. The van der Waals surface area contributed by atoms with E-state index in [4.69, 9.17) is 31.2 Å². The molecule has 0 saturated heterocycles. The fraction of sp³-hybridized carbons (Fsp3) is 0.217. The minimum atomic E-state index is -0.470. The van der Waals surface area contributed by atoms with Crippen LogP contribution in [-0.2, 0) is 4.79 Å². The number of amides is 1. The number of carbonyl (C=O) groups excluding carboxylic acids is 1. The van der Waals surface area contributed by atoms with Crippen molar-refractivity contribution in [2.24, 2.45) is 10.1 Å². The largest absolute Gasteiger partial charge is 0.493 e. The topological polar surface area (TPSA) is 96.6 Å². The van der Waals surface area contributed by atoms with Crippen LogP contribution in [0.15, 0.2) is 58.1 Å². The lowest BCUT2D eigenvalue weighted by atomic mass is 10.1. The number of hydrogen-bond donors (Lipinski definition) is 1. The number of para-hydroxylation sites is 1. The van der Waals surface area contributed by atoms with E-state index in [2.05, 4.69) is 10.1 Å². The summed E-state index contributed by atoms with van der Waals surface area (Å²) in [4.78, 5) is 16.6. The molecule has 10 heteroatoms. The van der Waals surface area contributed by atoms with Gasteiger partial charge in [0.25, 0.3) is 5.91 Å². The second-order valence-corrected chi connectivity index (χ2v) is 8.35. The summed E-state index contributed by atoms with van der Waals surface area (Å²) >= 11 is 7.39. The van der Waals surface area contributed by atoms with Gasteiger partial charge < -0.3 is 14.2 Å². The van der Waals surface area contributed by atoms with Crippen LogP contribution in [0.4, 0.5) is 0 Å². The second kappa shape index (κ2) is 10.1. The predicted octanol–water partition coefficient (Wildman–Crippen LogP) is 4.84. The molecule has 0 spiro atoms. The number of carbonyl (C=O) groups is 1. The van der Waals surface area contributed by atoms with E-state index in [1.165, 1.54) is 23.9 Å². The molecule has 2 heterocycles. The number of halogens is 1. The van der Waals surface area contributed by atoms with Gasteiger partial charge in [-0.1, -0.05) is 36.7 Å². The van der Waals surface area contributed by atoms with Crippen LogP contribution in [0.3, 0.4) is 0 Å². The monoisotopic (exact) mass is 484 g/mol. The quantitative estimate of drug-likeness (QED) is 0.425. The summed E-state index contributed by atoms with van der Waals surface area (Å²) in [7, 11) is 1.53. The molecule has 0 bridgehead atoms. The Morgan fingerprint density at radius 3 is 2.61 bits per heavy atom. The highest BCUT2D eigenvalue weighted by Crippen LogP contribution is 2.32. The van der Waals surface area contributed by atoms with Crippen molar-refractivity contribution in [3.8, 4) is 17.2 Å². The van der Waals surface area contributed by atoms with Gasteiger partial charge in [-0.15, -0.1) is 0 Å². The Balaban J connectivity index is 1.45. The van der Waals surface area contributed by atoms with E-state index in [0.717, 1.165) is 5.04 Å². The number of hydrogen-bond acceptors (Lipinski definition) is 7. The summed E-state index contributed by atoms with van der Waals surface area (Å²) in [6, 6.07) is 12.5. The van der Waals surface area contributed by atoms with Gasteiger partial charge in [0.1, 0.15) is 24.0 Å². The Morgan fingerprint density at radius 1 is 1.12 bits per heavy atom. The minimum Gasteiger partial charge on any atom is -0.493 e. The molecule has 2 aliphatic heterocycles. The lowest BCUT2D eigenvalue weighted by Gasteiger charge is -2.20. The first-order chi connectivity index (χ1) is 16.0. The highest BCUT2D eigenvalue weighted by atomic mass is 35.5. The lowest BCUT2D eigenvalue weighted by molar-refractivity contribution is -0.114. The van der Waals surface area contributed by atoms with Gasteiger partial charge in [0.15, 0.2) is 17.3 Å². The molecule has 8 nitrogen and oxygen atoms in total. The van der Waals surface area contributed by atoms with E-state index in [-0.39, 0.29) is 18.0 Å². The summed E-state index contributed by atoms with van der Waals surface area (Å²) < 4.78 is 16.9. The molecule has 0 saturated carbocycles. The Hall–Kier alpha value is -3.30. The average molecular weight is 485 g/mol. The van der Waals surface area contributed by atoms with E-state index in [9.17, 15) is 4.79 Å². The summed E-state index contributed by atoms with van der Waals surface area (Å²) in [6.07, 6.45) is 2.31. The van der Waals surface area contributed by atoms with Crippen LogP contribution in [0, 0.1) is 5.41 Å². The molecule has 0 aliphatic carbocycles. The van der Waals surface area contributed by atoms with Gasteiger partial charge in [0.05, 0.1) is 17.7 Å². The van der Waals surface area contributed by atoms with Crippen molar-refractivity contribution in [2.45, 2.75) is 13.3 Å². The summed E-state index contributed by atoms with van der Waals surface area (Å²) in [5.41, 5.74) is 0.828. The van der Waals surface area contributed by atoms with Crippen LogP contribution in [0.25, 0.3) is 6.08 Å². The zero-order chi connectivity index (χ0) is 23.4. The molecule has 0 aromatic heterocycles. The highest BCUT2D eigenvalue weighted by molar-refractivity contribution is 8.26. The first-order valence-corrected chi connectivity index (χ1v) is 11.4. The summed E-state index contributed by atoms with van der Waals surface area (Å²) in [5.74, 6) is 1.14. The van der Waals surface area contributed by atoms with E-state index >= 15 is 0 Å². The van der Waals surface area contributed by atoms with Crippen LogP contribution in [0.2, 0.25) is 5.02 Å². The maximum absolute atomic E-state index is 12.5. The van der Waals surface area contributed by atoms with E-state index in [1.807, 2.05) is 19.1 Å². The molecule has 1 amide bonds. The van der Waals surface area contributed by atoms with Crippen LogP contribution in [0.5, 0.6) is 17.2 Å². The van der Waals surface area contributed by atoms with Crippen molar-refractivity contribution in [3.05, 3.63) is 58.6 Å². The Labute approximate surface area is 200 Å². The Morgan fingerprint density at radius 2 is 1.88 bits per heavy atom. The summed E-state index contributed by atoms with van der Waals surface area (Å²) in [6.45, 7) is 2.55. The third-order valence-electron chi connectivity index (χ3n) is 4.73. The predicted molar refractivity (Wildman–Crippen MR) is 131 cm³/mol. The Kier molecular flexibility index (Phi) is 7.00. The van der Waals surface area contributed by atoms with Crippen molar-refractivity contribution >= 4 is 51.4 Å². The zero-order valence-electron chi connectivity index (χ0n) is 18.0. The second-order valence-electron chi connectivity index (χ2n) is 6.90. The molecule has 4 rings (SSSR count). The molecule has 1 N–H and O–H groups in total. The molecule has 2 aliphatic rings. The third-order valence-corrected chi connectivity index (χ3v) is 6.10. The highest BCUT2D eigenvalue weighted by Gasteiger charge is 2.35. The average Bonchev–Trinajstić information content (AvgIpc) is 3.24. The molecule has 0 fully saturated rings. The van der Waals surface area contributed by atoms with Crippen LogP contribution < -0.4 is 14.2 Å². The maximum atomic E-state index is 12.5. The molecular formula is C23H21ClN4O4S. The van der Waals surface area contributed by atoms with Gasteiger partial charge in [0, 0.05) is 0 Å². The van der Waals surface area contributed by atoms with Crippen LogP contribution in [0.1, 0.15) is 18.9 Å². The SMILES string of the molecule is CCC1=NN2C(=N)C(=Cc3ccc(OCCOc4ccccc4Cl)c(OC)c3)C(=O)N=C2S1. The molecule has 33 heavy (non-hydrogen) atoms. The fourth-order valence-corrected chi connectivity index (χ4v) is 4.11. The normalized spacial score (nSPS) is 16.5. The van der Waals surface area contributed by atoms with Gasteiger partial charge in [-0.2, -0.15) is 15.1 Å². The van der Waals surface area contributed by atoms with Gasteiger partial charge in [-0.3, -0.25) is 10.2 Å². The van der Waals surface area contributed by atoms with Crippen molar-refractivity contribution < 1.29 is 19.0 Å². The number of fused-ring (bicyclic) bond motifs is 1. The van der Waals surface area contributed by atoms with Gasteiger partial charge >= 0.3 is 0 Å². The van der Waals surface area contributed by atoms with E-state index in [1.54, 1.807) is 36.4 Å². The van der Waals surface area contributed by atoms with Gasteiger partial charge in [-0.25, -0.2) is 0 Å². The molecule has 2 aromatic rings. The number of aliphatic imine (C=N–C) groups is 1. The van der Waals surface area contributed by atoms with Crippen LogP contribution in [-0.4, -0.2) is 47.3 Å². The molecule has 0 unspecified atom stereocenters. The van der Waals surface area contributed by atoms with Gasteiger partial charge in [-0.05, 0) is 54.1 Å². The van der Waals surface area contributed by atoms with Crippen molar-refractivity contribution in [2.75, 3.05) is 20.3 Å².